The molecule has 1 aromatic heterocycles. The molecule has 0 bridgehead atoms. The molecule has 0 fully saturated rings. The molecule has 18 heavy (non-hydrogen) atoms. The summed E-state index contributed by atoms with van der Waals surface area (Å²) < 4.78 is 1.54. The summed E-state index contributed by atoms with van der Waals surface area (Å²) in [6.45, 7) is 1.17. The minimum atomic E-state index is -0.391. The number of thioether (sulfide) groups is 1. The lowest BCUT2D eigenvalue weighted by Crippen LogP contribution is -2.33. The van der Waals surface area contributed by atoms with E-state index in [0.717, 1.165) is 5.75 Å². The van der Waals surface area contributed by atoms with Gasteiger partial charge in [-0.05, 0) is 12.8 Å². The fraction of sp³-hybridized carbons (Fsp3) is 0.545. The van der Waals surface area contributed by atoms with Gasteiger partial charge in [-0.25, -0.2) is 4.98 Å². The number of fused-ring (bicyclic) bond motifs is 1. The average molecular weight is 269 g/mol. The third-order valence-electron chi connectivity index (χ3n) is 2.67. The van der Waals surface area contributed by atoms with Crippen molar-refractivity contribution in [3.8, 4) is 0 Å². The molecule has 0 spiro atoms. The Morgan fingerprint density at radius 1 is 1.56 bits per heavy atom. The Labute approximate surface area is 108 Å². The zero-order valence-electron chi connectivity index (χ0n) is 9.89. The van der Waals surface area contributed by atoms with E-state index in [2.05, 4.69) is 10.3 Å². The van der Waals surface area contributed by atoms with Gasteiger partial charge < -0.3 is 10.4 Å². The van der Waals surface area contributed by atoms with E-state index in [1.54, 1.807) is 0 Å². The van der Waals surface area contributed by atoms with Crippen molar-refractivity contribution in [2.75, 3.05) is 18.9 Å². The largest absolute Gasteiger partial charge is 0.396 e. The lowest BCUT2D eigenvalue weighted by Gasteiger charge is -2.06. The molecule has 1 aromatic rings. The first-order valence-corrected chi connectivity index (χ1v) is 6.84. The second kappa shape index (κ2) is 6.01. The molecule has 1 amide bonds. The van der Waals surface area contributed by atoms with Crippen LogP contribution in [0.2, 0.25) is 0 Å². The van der Waals surface area contributed by atoms with Crippen LogP contribution >= 0.6 is 11.8 Å². The second-order valence-corrected chi connectivity index (χ2v) is 5.01. The number of carbonyl (C=O) groups excluding carboxylic acids is 1. The molecule has 2 rings (SSSR count). The topological polar surface area (TPSA) is 84.2 Å². The number of nitrogens with zero attached hydrogens (tertiary/aromatic N) is 2. The van der Waals surface area contributed by atoms with Gasteiger partial charge in [-0.15, -0.1) is 0 Å². The number of aromatic nitrogens is 2. The van der Waals surface area contributed by atoms with Gasteiger partial charge in [0.25, 0.3) is 11.5 Å². The van der Waals surface area contributed by atoms with Crippen LogP contribution < -0.4 is 10.9 Å². The Kier molecular flexibility index (Phi) is 4.38. The highest BCUT2D eigenvalue weighted by molar-refractivity contribution is 7.99. The number of unbranched alkanes of at least 4 members (excludes halogenated alkanes) is 1. The van der Waals surface area contributed by atoms with Crippen LogP contribution in [-0.4, -0.2) is 39.5 Å². The average Bonchev–Trinajstić information content (AvgIpc) is 2.84. The molecule has 1 aliphatic rings. The maximum atomic E-state index is 12.0. The molecule has 1 aliphatic heterocycles. The lowest BCUT2D eigenvalue weighted by molar-refractivity contribution is 0.0949. The van der Waals surface area contributed by atoms with Crippen LogP contribution in [0.1, 0.15) is 23.2 Å². The summed E-state index contributed by atoms with van der Waals surface area (Å²) in [5, 5.41) is 12.0. The van der Waals surface area contributed by atoms with Crippen LogP contribution in [0.3, 0.4) is 0 Å². The minimum Gasteiger partial charge on any atom is -0.396 e. The number of amides is 1. The van der Waals surface area contributed by atoms with Crippen molar-refractivity contribution < 1.29 is 9.90 Å². The lowest BCUT2D eigenvalue weighted by atomic mass is 10.3. The first-order valence-electron chi connectivity index (χ1n) is 5.85. The van der Waals surface area contributed by atoms with Crippen LogP contribution in [0.25, 0.3) is 0 Å². The number of hydrogen-bond donors (Lipinski definition) is 2. The molecule has 0 unspecified atom stereocenters. The number of hydrogen-bond acceptors (Lipinski definition) is 5. The predicted octanol–water partition coefficient (Wildman–Crippen LogP) is -0.149. The summed E-state index contributed by atoms with van der Waals surface area (Å²) in [6.07, 6.45) is 2.67. The van der Waals surface area contributed by atoms with Gasteiger partial charge in [0.1, 0.15) is 5.56 Å². The SMILES string of the molecule is O=C(NCCCCO)c1cnc2n(c1=O)CCS2. The molecule has 0 atom stereocenters. The molecule has 0 aromatic carbocycles. The van der Waals surface area contributed by atoms with E-state index in [1.165, 1.54) is 22.5 Å². The molecule has 7 heteroatoms. The van der Waals surface area contributed by atoms with E-state index in [0.29, 0.717) is 31.1 Å². The highest BCUT2D eigenvalue weighted by atomic mass is 32.2. The van der Waals surface area contributed by atoms with Crippen molar-refractivity contribution in [1.29, 1.82) is 0 Å². The summed E-state index contributed by atoms with van der Waals surface area (Å²) >= 11 is 1.52. The van der Waals surface area contributed by atoms with Crippen LogP contribution in [0.15, 0.2) is 16.1 Å². The maximum Gasteiger partial charge on any atom is 0.267 e. The fourth-order valence-corrected chi connectivity index (χ4v) is 2.62. The number of aliphatic hydroxyl groups excluding tert-OH is 1. The smallest absolute Gasteiger partial charge is 0.267 e. The van der Waals surface area contributed by atoms with Gasteiger partial charge in [-0.3, -0.25) is 14.2 Å². The predicted molar refractivity (Wildman–Crippen MR) is 67.9 cm³/mol. The van der Waals surface area contributed by atoms with Gasteiger partial charge in [-0.2, -0.15) is 0 Å². The Morgan fingerprint density at radius 2 is 2.39 bits per heavy atom. The highest BCUT2D eigenvalue weighted by Gasteiger charge is 2.19. The number of aliphatic hydroxyl groups is 1. The minimum absolute atomic E-state index is 0.0882. The first-order chi connectivity index (χ1) is 8.74. The first kappa shape index (κ1) is 13.1. The van der Waals surface area contributed by atoms with Crippen molar-refractivity contribution in [2.45, 2.75) is 24.5 Å². The summed E-state index contributed by atoms with van der Waals surface area (Å²) in [5.74, 6) is 0.432. The van der Waals surface area contributed by atoms with E-state index < -0.39 is 5.91 Å². The third kappa shape index (κ3) is 2.73. The Balaban J connectivity index is 2.05. The monoisotopic (exact) mass is 269 g/mol. The van der Waals surface area contributed by atoms with E-state index >= 15 is 0 Å². The van der Waals surface area contributed by atoms with Crippen LogP contribution in [0, 0.1) is 0 Å². The van der Waals surface area contributed by atoms with Crippen LogP contribution in [0.5, 0.6) is 0 Å². The van der Waals surface area contributed by atoms with Gasteiger partial charge in [0, 0.05) is 31.6 Å². The fourth-order valence-electron chi connectivity index (χ4n) is 1.71. The van der Waals surface area contributed by atoms with Crippen molar-refractivity contribution in [3.63, 3.8) is 0 Å². The summed E-state index contributed by atoms with van der Waals surface area (Å²) in [7, 11) is 0. The summed E-state index contributed by atoms with van der Waals surface area (Å²) in [5.41, 5.74) is -0.185. The van der Waals surface area contributed by atoms with Gasteiger partial charge in [0.15, 0.2) is 5.16 Å². The zero-order valence-corrected chi connectivity index (χ0v) is 10.7. The standard InChI is InChI=1S/C11H15N3O3S/c15-5-2-1-3-12-9(16)8-7-13-11-14(10(8)17)4-6-18-11/h7,15H,1-6H2,(H,12,16). The van der Waals surface area contributed by atoms with Crippen LogP contribution in [-0.2, 0) is 6.54 Å². The van der Waals surface area contributed by atoms with Gasteiger partial charge >= 0.3 is 0 Å². The normalized spacial score (nSPS) is 13.4. The maximum absolute atomic E-state index is 12.0. The highest BCUT2D eigenvalue weighted by Crippen LogP contribution is 2.20. The van der Waals surface area contributed by atoms with Crippen molar-refractivity contribution in [2.24, 2.45) is 0 Å². The molecule has 98 valence electrons. The van der Waals surface area contributed by atoms with Crippen LogP contribution in [0.4, 0.5) is 0 Å². The quantitative estimate of drug-likeness (QED) is 0.574. The third-order valence-corrected chi connectivity index (χ3v) is 3.64. The molecular weight excluding hydrogens is 254 g/mol. The van der Waals surface area contributed by atoms with E-state index in [-0.39, 0.29) is 17.7 Å². The molecule has 2 N–H and O–H groups in total. The number of nitrogens with one attached hydrogen (secondary N) is 1. The van der Waals surface area contributed by atoms with E-state index in [1.807, 2.05) is 0 Å². The molecule has 2 heterocycles. The van der Waals surface area contributed by atoms with E-state index in [4.69, 9.17) is 5.11 Å². The Bertz CT molecular complexity index is 501. The van der Waals surface area contributed by atoms with Crippen molar-refractivity contribution in [1.82, 2.24) is 14.9 Å². The number of carbonyl (C=O) groups is 1. The Morgan fingerprint density at radius 3 is 3.17 bits per heavy atom. The molecule has 6 nitrogen and oxygen atoms in total. The summed E-state index contributed by atoms with van der Waals surface area (Å²) in [6, 6.07) is 0. The van der Waals surface area contributed by atoms with Crippen molar-refractivity contribution in [3.05, 3.63) is 22.1 Å². The van der Waals surface area contributed by atoms with E-state index in [9.17, 15) is 9.59 Å². The van der Waals surface area contributed by atoms with Crippen molar-refractivity contribution >= 4 is 17.7 Å². The van der Waals surface area contributed by atoms with Gasteiger partial charge in [-0.1, -0.05) is 11.8 Å². The molecule has 0 saturated heterocycles. The van der Waals surface area contributed by atoms with Gasteiger partial charge in [0.2, 0.25) is 0 Å². The Hall–Kier alpha value is -1.34. The van der Waals surface area contributed by atoms with Gasteiger partial charge in [0.05, 0.1) is 0 Å². The molecular formula is C11H15N3O3S. The zero-order chi connectivity index (χ0) is 13.0. The molecule has 0 saturated carbocycles. The molecule has 0 radical (unpaired) electrons. The second-order valence-electron chi connectivity index (χ2n) is 3.95. The summed E-state index contributed by atoms with van der Waals surface area (Å²) in [4.78, 5) is 27.9. The number of rotatable bonds is 5. The molecule has 0 aliphatic carbocycles.